The maximum absolute atomic E-state index is 13.7. The summed E-state index contributed by atoms with van der Waals surface area (Å²) in [5.74, 6) is 0.458. The van der Waals surface area contributed by atoms with Crippen LogP contribution in [0.1, 0.15) is 36.1 Å². The molecule has 1 aliphatic rings. The highest BCUT2D eigenvalue weighted by Gasteiger charge is 2.39. The van der Waals surface area contributed by atoms with E-state index in [0.29, 0.717) is 22.7 Å². The van der Waals surface area contributed by atoms with Crippen molar-refractivity contribution in [2.24, 2.45) is 5.10 Å². The summed E-state index contributed by atoms with van der Waals surface area (Å²) in [6.07, 6.45) is 0.283. The average Bonchev–Trinajstić information content (AvgIpc) is 3.30. The third-order valence-electron chi connectivity index (χ3n) is 5.91. The number of rotatable bonds is 8. The van der Waals surface area contributed by atoms with Gasteiger partial charge in [-0.05, 0) is 55.3 Å². The van der Waals surface area contributed by atoms with E-state index < -0.39 is 26.1 Å². The molecule has 0 fully saturated rings. The summed E-state index contributed by atoms with van der Waals surface area (Å²) >= 11 is 0. The first-order valence-corrected chi connectivity index (χ1v) is 14.2. The van der Waals surface area contributed by atoms with Crippen molar-refractivity contribution in [3.63, 3.8) is 0 Å². The molecule has 3 aromatic carbocycles. The molecule has 0 aliphatic carbocycles. The monoisotopic (exact) mass is 513 g/mol. The van der Waals surface area contributed by atoms with Gasteiger partial charge in [0.15, 0.2) is 0 Å². The lowest BCUT2D eigenvalue weighted by molar-refractivity contribution is 0.370. The first-order chi connectivity index (χ1) is 16.7. The van der Waals surface area contributed by atoms with Crippen molar-refractivity contribution < 1.29 is 21.6 Å². The highest BCUT2D eigenvalue weighted by Crippen LogP contribution is 2.39. The van der Waals surface area contributed by atoms with Gasteiger partial charge in [0.05, 0.1) is 35.2 Å². The Morgan fingerprint density at radius 2 is 1.63 bits per heavy atom. The fraction of sp³-hybridized carbons (Fsp3) is 0.240. The van der Waals surface area contributed by atoms with Gasteiger partial charge in [0.1, 0.15) is 5.75 Å². The molecule has 3 aromatic rings. The molecule has 0 spiro atoms. The van der Waals surface area contributed by atoms with Crippen LogP contribution in [0.25, 0.3) is 0 Å². The van der Waals surface area contributed by atoms with Crippen molar-refractivity contribution in [1.82, 2.24) is 4.41 Å². The van der Waals surface area contributed by atoms with Gasteiger partial charge in [0, 0.05) is 12.0 Å². The van der Waals surface area contributed by atoms with Gasteiger partial charge in [-0.2, -0.15) is 17.9 Å². The van der Waals surface area contributed by atoms with E-state index in [9.17, 15) is 16.8 Å². The van der Waals surface area contributed by atoms with Gasteiger partial charge in [-0.1, -0.05) is 42.5 Å². The lowest BCUT2D eigenvalue weighted by Gasteiger charge is -2.24. The summed E-state index contributed by atoms with van der Waals surface area (Å²) in [4.78, 5) is 0.0851. The summed E-state index contributed by atoms with van der Waals surface area (Å²) in [5.41, 5.74) is 3.14. The fourth-order valence-corrected chi connectivity index (χ4v) is 6.07. The third kappa shape index (κ3) is 5.03. The minimum Gasteiger partial charge on any atom is -0.497 e. The Morgan fingerprint density at radius 1 is 0.971 bits per heavy atom. The molecule has 0 radical (unpaired) electrons. The molecule has 1 atom stereocenters. The second kappa shape index (κ2) is 9.71. The van der Waals surface area contributed by atoms with Gasteiger partial charge in [-0.25, -0.2) is 8.42 Å². The molecule has 10 heteroatoms. The Bertz CT molecular complexity index is 1470. The summed E-state index contributed by atoms with van der Waals surface area (Å²) in [7, 11) is -6.04. The van der Waals surface area contributed by atoms with Crippen molar-refractivity contribution in [2.45, 2.75) is 31.2 Å². The molecule has 184 valence electrons. The van der Waals surface area contributed by atoms with Crippen molar-refractivity contribution in [3.05, 3.63) is 89.5 Å². The van der Waals surface area contributed by atoms with Crippen LogP contribution in [0.2, 0.25) is 0 Å². The first kappa shape index (κ1) is 24.7. The van der Waals surface area contributed by atoms with E-state index in [0.717, 1.165) is 15.5 Å². The lowest BCUT2D eigenvalue weighted by Crippen LogP contribution is -2.27. The SMILES string of the molecule is CCS(=O)(=O)Nc1ccccc1C1=NN(S(=O)(=O)c2ccc(OC)cc2)[C@@H](c2ccccc2C)C1. The molecular weight excluding hydrogens is 486 g/mol. The number of hydrogen-bond donors (Lipinski definition) is 1. The Labute approximate surface area is 206 Å². The molecule has 1 N–H and O–H groups in total. The number of sulfonamides is 2. The standard InChI is InChI=1S/C25H27N3O5S2/c1-4-34(29,30)27-23-12-8-7-11-22(23)24-17-25(21-10-6-5-9-18(21)2)28(26-24)35(31,32)20-15-13-19(33-3)14-16-20/h5-16,25,27H,4,17H2,1-3H3/t25-/m1/s1. The summed E-state index contributed by atoms with van der Waals surface area (Å²) in [5, 5.41) is 4.56. The van der Waals surface area contributed by atoms with Crippen LogP contribution in [-0.2, 0) is 20.0 Å². The van der Waals surface area contributed by atoms with Crippen LogP contribution in [0.15, 0.2) is 82.8 Å². The van der Waals surface area contributed by atoms with Crippen molar-refractivity contribution in [3.8, 4) is 5.75 Å². The molecule has 0 aromatic heterocycles. The van der Waals surface area contributed by atoms with E-state index in [1.807, 2.05) is 31.2 Å². The Balaban J connectivity index is 1.83. The predicted molar refractivity (Wildman–Crippen MR) is 137 cm³/mol. The molecule has 0 unspecified atom stereocenters. The van der Waals surface area contributed by atoms with E-state index in [-0.39, 0.29) is 17.1 Å². The highest BCUT2D eigenvalue weighted by atomic mass is 32.2. The predicted octanol–water partition coefficient (Wildman–Crippen LogP) is 4.31. The number of hydrazone groups is 1. The van der Waals surface area contributed by atoms with Crippen molar-refractivity contribution in [2.75, 3.05) is 17.6 Å². The molecule has 4 rings (SSSR count). The number of benzene rings is 3. The van der Waals surface area contributed by atoms with Gasteiger partial charge in [-0.3, -0.25) is 4.72 Å². The van der Waals surface area contributed by atoms with Crippen LogP contribution >= 0.6 is 0 Å². The number of ether oxygens (including phenoxy) is 1. The smallest absolute Gasteiger partial charge is 0.279 e. The summed E-state index contributed by atoms with van der Waals surface area (Å²) in [6, 6.07) is 20.0. The molecular formula is C25H27N3O5S2. The molecule has 0 saturated carbocycles. The minimum atomic E-state index is -4.02. The van der Waals surface area contributed by atoms with Crippen LogP contribution in [0.4, 0.5) is 5.69 Å². The molecule has 0 saturated heterocycles. The van der Waals surface area contributed by atoms with Gasteiger partial charge in [-0.15, -0.1) is 0 Å². The molecule has 8 nitrogen and oxygen atoms in total. The normalized spacial score (nSPS) is 16.1. The van der Waals surface area contributed by atoms with Crippen LogP contribution < -0.4 is 9.46 Å². The highest BCUT2D eigenvalue weighted by molar-refractivity contribution is 7.92. The van der Waals surface area contributed by atoms with Crippen molar-refractivity contribution >= 4 is 31.4 Å². The lowest BCUT2D eigenvalue weighted by atomic mass is 9.95. The first-order valence-electron chi connectivity index (χ1n) is 11.1. The van der Waals surface area contributed by atoms with E-state index in [1.165, 1.54) is 19.2 Å². The van der Waals surface area contributed by atoms with E-state index in [1.54, 1.807) is 43.3 Å². The van der Waals surface area contributed by atoms with Crippen molar-refractivity contribution in [1.29, 1.82) is 0 Å². The second-order valence-electron chi connectivity index (χ2n) is 8.13. The maximum Gasteiger partial charge on any atom is 0.279 e. The zero-order valence-corrected chi connectivity index (χ0v) is 21.3. The minimum absolute atomic E-state index is 0.0851. The Kier molecular flexibility index (Phi) is 6.86. The Hall–Kier alpha value is -3.37. The number of hydrogen-bond acceptors (Lipinski definition) is 6. The zero-order chi connectivity index (χ0) is 25.2. The van der Waals surface area contributed by atoms with Gasteiger partial charge < -0.3 is 4.74 Å². The summed E-state index contributed by atoms with van der Waals surface area (Å²) < 4.78 is 60.9. The Morgan fingerprint density at radius 3 is 2.29 bits per heavy atom. The third-order valence-corrected chi connectivity index (χ3v) is 8.89. The largest absolute Gasteiger partial charge is 0.497 e. The summed E-state index contributed by atoms with van der Waals surface area (Å²) in [6.45, 7) is 3.48. The topological polar surface area (TPSA) is 105 Å². The van der Waals surface area contributed by atoms with Crippen LogP contribution in [0.5, 0.6) is 5.75 Å². The quantitative estimate of drug-likeness (QED) is 0.483. The number of methoxy groups -OCH3 is 1. The number of anilines is 1. The van der Waals surface area contributed by atoms with E-state index in [4.69, 9.17) is 4.74 Å². The van der Waals surface area contributed by atoms with Gasteiger partial charge in [0.2, 0.25) is 10.0 Å². The molecule has 0 amide bonds. The van der Waals surface area contributed by atoms with Crippen LogP contribution in [-0.4, -0.2) is 39.8 Å². The van der Waals surface area contributed by atoms with Gasteiger partial charge in [0.25, 0.3) is 10.0 Å². The van der Waals surface area contributed by atoms with Crippen LogP contribution in [0.3, 0.4) is 0 Å². The molecule has 35 heavy (non-hydrogen) atoms. The average molecular weight is 514 g/mol. The van der Waals surface area contributed by atoms with Gasteiger partial charge >= 0.3 is 0 Å². The number of para-hydroxylation sites is 1. The molecule has 0 bridgehead atoms. The van der Waals surface area contributed by atoms with Crippen LogP contribution in [0, 0.1) is 6.92 Å². The molecule has 1 heterocycles. The van der Waals surface area contributed by atoms with E-state index >= 15 is 0 Å². The fourth-order valence-electron chi connectivity index (χ4n) is 3.98. The zero-order valence-electron chi connectivity index (χ0n) is 19.7. The number of aryl methyl sites for hydroxylation is 1. The maximum atomic E-state index is 13.7. The second-order valence-corrected chi connectivity index (χ2v) is 11.9. The van der Waals surface area contributed by atoms with E-state index in [2.05, 4.69) is 9.82 Å². The molecule has 1 aliphatic heterocycles. The number of nitrogens with zero attached hydrogens (tertiary/aromatic N) is 2. The number of nitrogens with one attached hydrogen (secondary N) is 1.